The fraction of sp³-hybridized carbons (Fsp3) is 0.857. The lowest BCUT2D eigenvalue weighted by Gasteiger charge is -2.44. The molecular weight excluding hydrogens is 260 g/mol. The van der Waals surface area contributed by atoms with Crippen LogP contribution in [0.4, 0.5) is 0 Å². The van der Waals surface area contributed by atoms with Gasteiger partial charge in [0.15, 0.2) is 0 Å². The number of hydrogen-bond acceptors (Lipinski definition) is 3. The van der Waals surface area contributed by atoms with Crippen molar-refractivity contribution in [1.29, 1.82) is 0 Å². The monoisotopic (exact) mass is 284 g/mol. The topological polar surface area (TPSA) is 49.4 Å². The molecule has 5 heteroatoms. The Kier molecular flexibility index (Phi) is 4.43. The minimum atomic E-state index is -0.383. The molecule has 2 fully saturated rings. The van der Waals surface area contributed by atoms with Crippen molar-refractivity contribution < 1.29 is 9.59 Å². The molecule has 0 aromatic carbocycles. The lowest BCUT2D eigenvalue weighted by molar-refractivity contribution is -0.148. The molecule has 1 saturated carbocycles. The average molecular weight is 284 g/mol. The maximum absolute atomic E-state index is 12.3. The Hall–Kier alpha value is -0.710. The molecule has 2 amide bonds. The van der Waals surface area contributed by atoms with E-state index in [0.29, 0.717) is 6.54 Å². The first kappa shape index (κ1) is 14.7. The molecule has 0 radical (unpaired) electrons. The van der Waals surface area contributed by atoms with Crippen molar-refractivity contribution in [2.45, 2.75) is 62.8 Å². The van der Waals surface area contributed by atoms with E-state index in [4.69, 9.17) is 0 Å². The van der Waals surface area contributed by atoms with E-state index in [1.807, 2.05) is 18.7 Å². The van der Waals surface area contributed by atoms with Gasteiger partial charge in [0.05, 0.1) is 0 Å². The van der Waals surface area contributed by atoms with Gasteiger partial charge in [0.25, 0.3) is 0 Å². The summed E-state index contributed by atoms with van der Waals surface area (Å²) < 4.78 is 0.152. The summed E-state index contributed by atoms with van der Waals surface area (Å²) in [6, 6.07) is -0.721. The summed E-state index contributed by atoms with van der Waals surface area (Å²) in [5.41, 5.74) is 0. The minimum absolute atomic E-state index is 0.0286. The Bertz CT molecular complexity index is 366. The van der Waals surface area contributed by atoms with Crippen LogP contribution in [-0.2, 0) is 9.59 Å². The first-order valence-electron chi connectivity index (χ1n) is 7.15. The van der Waals surface area contributed by atoms with Crippen LogP contribution in [0.2, 0.25) is 0 Å². The Labute approximate surface area is 119 Å². The van der Waals surface area contributed by atoms with Crippen LogP contribution >= 0.6 is 11.8 Å². The number of nitrogens with one attached hydrogen (secondary N) is 1. The lowest BCUT2D eigenvalue weighted by atomic mass is 9.87. The quantitative estimate of drug-likeness (QED) is 0.859. The summed E-state index contributed by atoms with van der Waals surface area (Å²) in [4.78, 5) is 26.0. The van der Waals surface area contributed by atoms with Crippen molar-refractivity contribution in [1.82, 2.24) is 10.2 Å². The third kappa shape index (κ3) is 2.91. The average Bonchev–Trinajstić information content (AvgIpc) is 2.42. The number of hydrogen-bond donors (Lipinski definition) is 1. The van der Waals surface area contributed by atoms with Crippen LogP contribution in [-0.4, -0.2) is 46.3 Å². The van der Waals surface area contributed by atoms with Crippen molar-refractivity contribution in [3.8, 4) is 0 Å². The van der Waals surface area contributed by atoms with Crippen LogP contribution in [0.1, 0.15) is 46.0 Å². The van der Waals surface area contributed by atoms with Gasteiger partial charge in [0.2, 0.25) is 11.8 Å². The highest BCUT2D eigenvalue weighted by atomic mass is 32.2. The van der Waals surface area contributed by atoms with Gasteiger partial charge in [0, 0.05) is 11.3 Å². The number of piperazine rings is 1. The molecule has 0 bridgehead atoms. The second kappa shape index (κ2) is 5.73. The molecule has 1 aliphatic carbocycles. The van der Waals surface area contributed by atoms with Gasteiger partial charge in [-0.05, 0) is 32.9 Å². The van der Waals surface area contributed by atoms with Crippen molar-refractivity contribution in [2.24, 2.45) is 0 Å². The molecule has 0 aromatic rings. The number of rotatable bonds is 3. The summed E-state index contributed by atoms with van der Waals surface area (Å²) in [5, 5.41) is 2.74. The standard InChI is InChI=1S/C14H24N2O2S/c1-10-13(18)16(11(2)12(17)15-10)9-14(19-3)7-5-4-6-8-14/h10-11H,4-9H2,1-3H3,(H,15,17). The zero-order chi connectivity index (χ0) is 14.0. The number of carbonyl (C=O) groups is 2. The molecule has 1 heterocycles. The predicted octanol–water partition coefficient (Wildman–Crippen LogP) is 1.79. The largest absolute Gasteiger partial charge is 0.343 e. The highest BCUT2D eigenvalue weighted by molar-refractivity contribution is 8.00. The molecule has 2 unspecified atom stereocenters. The molecule has 108 valence electrons. The van der Waals surface area contributed by atoms with Crippen molar-refractivity contribution in [3.63, 3.8) is 0 Å². The summed E-state index contributed by atoms with van der Waals surface area (Å²) in [5.74, 6) is 0.0326. The highest BCUT2D eigenvalue weighted by Crippen LogP contribution is 2.39. The summed E-state index contributed by atoms with van der Waals surface area (Å²) in [6.07, 6.45) is 8.20. The van der Waals surface area contributed by atoms with Gasteiger partial charge in [-0.1, -0.05) is 19.3 Å². The normalized spacial score (nSPS) is 31.2. The zero-order valence-corrected chi connectivity index (χ0v) is 12.9. The second-order valence-corrected chi connectivity index (χ2v) is 7.09. The SMILES string of the molecule is CSC1(CN2C(=O)C(C)NC(=O)C2C)CCCCC1. The van der Waals surface area contributed by atoms with E-state index in [2.05, 4.69) is 11.6 Å². The van der Waals surface area contributed by atoms with Crippen LogP contribution in [0, 0.1) is 0 Å². The van der Waals surface area contributed by atoms with E-state index in [-0.39, 0.29) is 28.6 Å². The van der Waals surface area contributed by atoms with Gasteiger partial charge in [-0.2, -0.15) is 11.8 Å². The summed E-state index contributed by atoms with van der Waals surface area (Å²) in [6.45, 7) is 4.31. The van der Waals surface area contributed by atoms with E-state index >= 15 is 0 Å². The molecule has 4 nitrogen and oxygen atoms in total. The Morgan fingerprint density at radius 1 is 1.26 bits per heavy atom. The van der Waals surface area contributed by atoms with E-state index in [9.17, 15) is 9.59 Å². The zero-order valence-electron chi connectivity index (χ0n) is 12.1. The summed E-state index contributed by atoms with van der Waals surface area (Å²) in [7, 11) is 0. The van der Waals surface area contributed by atoms with Crippen LogP contribution in [0.3, 0.4) is 0 Å². The Morgan fingerprint density at radius 3 is 2.47 bits per heavy atom. The smallest absolute Gasteiger partial charge is 0.245 e. The van der Waals surface area contributed by atoms with E-state index in [1.165, 1.54) is 19.3 Å². The molecule has 0 aromatic heterocycles. The molecule has 2 atom stereocenters. The first-order chi connectivity index (χ1) is 8.99. The maximum Gasteiger partial charge on any atom is 0.245 e. The highest BCUT2D eigenvalue weighted by Gasteiger charge is 2.41. The van der Waals surface area contributed by atoms with Crippen molar-refractivity contribution in [3.05, 3.63) is 0 Å². The van der Waals surface area contributed by atoms with E-state index in [1.54, 1.807) is 11.8 Å². The summed E-state index contributed by atoms with van der Waals surface area (Å²) >= 11 is 1.87. The number of carbonyl (C=O) groups excluding carboxylic acids is 2. The van der Waals surface area contributed by atoms with Gasteiger partial charge in [0.1, 0.15) is 12.1 Å². The number of nitrogens with zero attached hydrogens (tertiary/aromatic N) is 1. The molecule has 2 aliphatic rings. The van der Waals surface area contributed by atoms with Crippen LogP contribution in [0.5, 0.6) is 0 Å². The minimum Gasteiger partial charge on any atom is -0.343 e. The van der Waals surface area contributed by atoms with Crippen molar-refractivity contribution in [2.75, 3.05) is 12.8 Å². The molecule has 2 rings (SSSR count). The Balaban J connectivity index is 2.14. The van der Waals surface area contributed by atoms with Crippen LogP contribution in [0.25, 0.3) is 0 Å². The molecule has 0 spiro atoms. The van der Waals surface area contributed by atoms with Crippen LogP contribution < -0.4 is 5.32 Å². The predicted molar refractivity (Wildman–Crippen MR) is 78.1 cm³/mol. The lowest BCUT2D eigenvalue weighted by Crippen LogP contribution is -2.63. The fourth-order valence-electron chi connectivity index (χ4n) is 3.13. The maximum atomic E-state index is 12.3. The fourth-order valence-corrected chi connectivity index (χ4v) is 4.09. The van der Waals surface area contributed by atoms with Gasteiger partial charge in [-0.3, -0.25) is 9.59 Å². The number of amides is 2. The van der Waals surface area contributed by atoms with Crippen molar-refractivity contribution >= 4 is 23.6 Å². The van der Waals surface area contributed by atoms with E-state index < -0.39 is 0 Å². The van der Waals surface area contributed by atoms with Crippen LogP contribution in [0.15, 0.2) is 0 Å². The molecular formula is C14H24N2O2S. The van der Waals surface area contributed by atoms with Gasteiger partial charge in [-0.25, -0.2) is 0 Å². The first-order valence-corrected chi connectivity index (χ1v) is 8.37. The molecule has 1 aliphatic heterocycles. The Morgan fingerprint density at radius 2 is 1.89 bits per heavy atom. The molecule has 19 heavy (non-hydrogen) atoms. The molecule has 1 saturated heterocycles. The van der Waals surface area contributed by atoms with Gasteiger partial charge < -0.3 is 10.2 Å². The second-order valence-electron chi connectivity index (χ2n) is 5.82. The third-order valence-corrected chi connectivity index (χ3v) is 5.92. The number of thioether (sulfide) groups is 1. The third-order valence-electron chi connectivity index (χ3n) is 4.52. The van der Waals surface area contributed by atoms with Gasteiger partial charge in [-0.15, -0.1) is 0 Å². The van der Waals surface area contributed by atoms with E-state index in [0.717, 1.165) is 12.8 Å². The molecule has 1 N–H and O–H groups in total. The van der Waals surface area contributed by atoms with Gasteiger partial charge >= 0.3 is 0 Å².